The molecule has 0 aromatic rings. The van der Waals surface area contributed by atoms with Gasteiger partial charge in [0.15, 0.2) is 11.4 Å². The number of esters is 2. The third-order valence-corrected chi connectivity index (χ3v) is 9.71. The van der Waals surface area contributed by atoms with Crippen LogP contribution in [0.2, 0.25) is 0 Å². The number of Topliss-reactive ketones (excluding diaryl/α,β-unsaturated/α-hetero) is 1. The maximum atomic E-state index is 12.9. The van der Waals surface area contributed by atoms with Gasteiger partial charge < -0.3 is 14.2 Å². The van der Waals surface area contributed by atoms with Gasteiger partial charge in [0, 0.05) is 32.8 Å². The van der Waals surface area contributed by atoms with Gasteiger partial charge in [-0.25, -0.2) is 0 Å². The molecule has 32 heavy (non-hydrogen) atoms. The highest BCUT2D eigenvalue weighted by Crippen LogP contribution is 2.68. The Bertz CT molecular complexity index is 847. The Kier molecular flexibility index (Phi) is 5.84. The lowest BCUT2D eigenvalue weighted by Gasteiger charge is -2.59. The fourth-order valence-corrected chi connectivity index (χ4v) is 8.28. The van der Waals surface area contributed by atoms with Crippen molar-refractivity contribution in [1.29, 1.82) is 0 Å². The fraction of sp³-hybridized carbons (Fsp3) is 0.808. The van der Waals surface area contributed by atoms with E-state index < -0.39 is 5.60 Å². The molecule has 0 spiro atoms. The first-order valence-corrected chi connectivity index (χ1v) is 12.1. The zero-order chi connectivity index (χ0) is 23.5. The molecule has 3 fully saturated rings. The minimum absolute atomic E-state index is 0.00945. The molecule has 0 aromatic heterocycles. The van der Waals surface area contributed by atoms with Crippen LogP contribution in [0.5, 0.6) is 0 Å². The number of rotatable bonds is 4. The number of carbonyl (C=O) groups excluding carboxylic acids is 3. The summed E-state index contributed by atoms with van der Waals surface area (Å²) < 4.78 is 17.3. The summed E-state index contributed by atoms with van der Waals surface area (Å²) in [6.07, 6.45) is 7.95. The summed E-state index contributed by atoms with van der Waals surface area (Å²) in [7, 11) is 1.70. The SMILES string of the molecule is COC1C[C@@]2(C)C(=CC[C@@H]3[C@@H]2CC[C@@]2(C)[C@H]3CC[C@]2(OC(C)=O)C(C)=O)CC1OC(C)=O. The molecule has 6 heteroatoms. The molecule has 4 aliphatic carbocycles. The first kappa shape index (κ1) is 23.5. The van der Waals surface area contributed by atoms with Gasteiger partial charge in [-0.3, -0.25) is 14.4 Å². The zero-order valence-corrected chi connectivity index (χ0v) is 20.4. The maximum absolute atomic E-state index is 12.9. The first-order valence-electron chi connectivity index (χ1n) is 12.1. The third-order valence-electron chi connectivity index (χ3n) is 9.71. The van der Waals surface area contributed by atoms with Crippen LogP contribution in [-0.2, 0) is 28.6 Å². The second-order valence-corrected chi connectivity index (χ2v) is 11.1. The summed E-state index contributed by atoms with van der Waals surface area (Å²) in [6.45, 7) is 8.99. The number of hydrogen-bond acceptors (Lipinski definition) is 6. The molecule has 8 atom stereocenters. The number of fused-ring (bicyclic) bond motifs is 5. The van der Waals surface area contributed by atoms with Crippen LogP contribution in [-0.4, -0.2) is 42.6 Å². The van der Waals surface area contributed by atoms with E-state index in [1.807, 2.05) is 0 Å². The molecule has 178 valence electrons. The summed E-state index contributed by atoms with van der Waals surface area (Å²) in [4.78, 5) is 36.5. The molecule has 0 saturated heterocycles. The Morgan fingerprint density at radius 1 is 0.969 bits per heavy atom. The molecule has 0 aromatic carbocycles. The Balaban J connectivity index is 1.66. The van der Waals surface area contributed by atoms with Gasteiger partial charge in [-0.15, -0.1) is 0 Å². The van der Waals surface area contributed by atoms with Crippen molar-refractivity contribution in [1.82, 2.24) is 0 Å². The van der Waals surface area contributed by atoms with Gasteiger partial charge in [-0.1, -0.05) is 25.5 Å². The standard InChI is InChI=1S/C26H38O6/c1-15(27)26(32-17(3)29)12-10-21-19-8-7-18-13-22(31-16(2)28)23(30-6)14-24(18,4)20(19)9-11-25(21,26)5/h7,19-23H,8-14H2,1-6H3/t19-,20+,21+,22?,23?,24+,25+,26+/m1/s1. The molecule has 0 amide bonds. The van der Waals surface area contributed by atoms with Crippen molar-refractivity contribution in [2.45, 2.75) is 97.4 Å². The summed E-state index contributed by atoms with van der Waals surface area (Å²) in [6, 6.07) is 0. The number of methoxy groups -OCH3 is 1. The van der Waals surface area contributed by atoms with E-state index in [4.69, 9.17) is 14.2 Å². The first-order chi connectivity index (χ1) is 15.0. The average molecular weight is 447 g/mol. The number of carbonyl (C=O) groups is 3. The minimum atomic E-state index is -0.999. The van der Waals surface area contributed by atoms with Crippen molar-refractivity contribution in [2.75, 3.05) is 7.11 Å². The molecule has 0 heterocycles. The number of ketones is 1. The van der Waals surface area contributed by atoms with Crippen LogP contribution in [0.3, 0.4) is 0 Å². The maximum Gasteiger partial charge on any atom is 0.303 e. The molecule has 0 aliphatic heterocycles. The van der Waals surface area contributed by atoms with E-state index >= 15 is 0 Å². The molecule has 0 radical (unpaired) electrons. The molecular weight excluding hydrogens is 408 g/mol. The highest BCUT2D eigenvalue weighted by atomic mass is 16.6. The average Bonchev–Trinajstić information content (AvgIpc) is 3.00. The van der Waals surface area contributed by atoms with Crippen molar-refractivity contribution in [2.24, 2.45) is 28.6 Å². The lowest BCUT2D eigenvalue weighted by molar-refractivity contribution is -0.188. The second-order valence-electron chi connectivity index (χ2n) is 11.1. The van der Waals surface area contributed by atoms with Gasteiger partial charge in [0.1, 0.15) is 6.10 Å². The normalized spacial score (nSPS) is 45.1. The van der Waals surface area contributed by atoms with Crippen molar-refractivity contribution in [3.63, 3.8) is 0 Å². The summed E-state index contributed by atoms with van der Waals surface area (Å²) in [5.41, 5.74) is 0.0484. The van der Waals surface area contributed by atoms with Crippen LogP contribution < -0.4 is 0 Å². The molecular formula is C26H38O6. The van der Waals surface area contributed by atoms with Crippen molar-refractivity contribution >= 4 is 17.7 Å². The lowest BCUT2D eigenvalue weighted by Crippen LogP contribution is -2.59. The van der Waals surface area contributed by atoms with Crippen molar-refractivity contribution in [3.8, 4) is 0 Å². The highest BCUT2D eigenvalue weighted by Gasteiger charge is 2.68. The third kappa shape index (κ3) is 3.27. The van der Waals surface area contributed by atoms with Crippen LogP contribution in [0, 0.1) is 28.6 Å². The van der Waals surface area contributed by atoms with Gasteiger partial charge >= 0.3 is 11.9 Å². The van der Waals surface area contributed by atoms with Crippen molar-refractivity contribution in [3.05, 3.63) is 11.6 Å². The van der Waals surface area contributed by atoms with Gasteiger partial charge in [0.05, 0.1) is 6.10 Å². The highest BCUT2D eigenvalue weighted by molar-refractivity contribution is 5.89. The van der Waals surface area contributed by atoms with Crippen LogP contribution in [0.4, 0.5) is 0 Å². The smallest absolute Gasteiger partial charge is 0.303 e. The van der Waals surface area contributed by atoms with Gasteiger partial charge in [-0.2, -0.15) is 0 Å². The summed E-state index contributed by atoms with van der Waals surface area (Å²) in [5, 5.41) is 0. The monoisotopic (exact) mass is 446 g/mol. The number of allylic oxidation sites excluding steroid dienone is 1. The summed E-state index contributed by atoms with van der Waals surface area (Å²) in [5.74, 6) is 0.620. The molecule has 4 aliphatic rings. The van der Waals surface area contributed by atoms with Crippen LogP contribution in [0.1, 0.15) is 79.6 Å². The van der Waals surface area contributed by atoms with E-state index in [0.717, 1.165) is 38.5 Å². The second kappa shape index (κ2) is 7.96. The fourth-order valence-electron chi connectivity index (χ4n) is 8.28. The summed E-state index contributed by atoms with van der Waals surface area (Å²) >= 11 is 0. The molecule has 2 unspecified atom stereocenters. The molecule has 4 rings (SSSR count). The van der Waals surface area contributed by atoms with E-state index in [-0.39, 0.29) is 40.8 Å². The van der Waals surface area contributed by atoms with Crippen LogP contribution in [0.25, 0.3) is 0 Å². The molecule has 6 nitrogen and oxygen atoms in total. The van der Waals surface area contributed by atoms with Gasteiger partial charge in [-0.05, 0) is 68.6 Å². The van der Waals surface area contributed by atoms with Crippen molar-refractivity contribution < 1.29 is 28.6 Å². The Labute approximate surface area is 191 Å². The van der Waals surface area contributed by atoms with E-state index in [9.17, 15) is 14.4 Å². The topological polar surface area (TPSA) is 78.9 Å². The largest absolute Gasteiger partial charge is 0.459 e. The van der Waals surface area contributed by atoms with E-state index in [1.54, 1.807) is 14.0 Å². The van der Waals surface area contributed by atoms with Gasteiger partial charge in [0.25, 0.3) is 0 Å². The molecule has 0 bridgehead atoms. The predicted octanol–water partition coefficient (Wildman–Crippen LogP) is 4.40. The van der Waals surface area contributed by atoms with Gasteiger partial charge in [0.2, 0.25) is 0 Å². The Morgan fingerprint density at radius 2 is 1.66 bits per heavy atom. The number of ether oxygens (including phenoxy) is 3. The quantitative estimate of drug-likeness (QED) is 0.471. The van der Waals surface area contributed by atoms with E-state index in [1.165, 1.54) is 19.4 Å². The van der Waals surface area contributed by atoms with Crippen LogP contribution >= 0.6 is 0 Å². The van der Waals surface area contributed by atoms with E-state index in [2.05, 4.69) is 19.9 Å². The zero-order valence-electron chi connectivity index (χ0n) is 20.4. The molecule has 0 N–H and O–H groups in total. The Hall–Kier alpha value is -1.69. The number of hydrogen-bond donors (Lipinski definition) is 0. The Morgan fingerprint density at radius 3 is 2.25 bits per heavy atom. The predicted molar refractivity (Wildman–Crippen MR) is 119 cm³/mol. The minimum Gasteiger partial charge on any atom is -0.459 e. The lowest BCUT2D eigenvalue weighted by atomic mass is 9.46. The van der Waals surface area contributed by atoms with Crippen LogP contribution in [0.15, 0.2) is 11.6 Å². The molecule has 3 saturated carbocycles. The van der Waals surface area contributed by atoms with E-state index in [0.29, 0.717) is 24.2 Å².